The number of carbonyl (C=O) groups is 1. The Labute approximate surface area is 192 Å². The van der Waals surface area contributed by atoms with Crippen molar-refractivity contribution in [2.24, 2.45) is 0 Å². The number of nitrogens with zero attached hydrogens (tertiary/aromatic N) is 4. The van der Waals surface area contributed by atoms with Crippen LogP contribution in [0.4, 0.5) is 5.69 Å². The summed E-state index contributed by atoms with van der Waals surface area (Å²) in [7, 11) is 0. The molecule has 0 atom stereocenters. The van der Waals surface area contributed by atoms with Gasteiger partial charge in [0, 0.05) is 10.6 Å². The van der Waals surface area contributed by atoms with Crippen LogP contribution in [0.15, 0.2) is 82.2 Å². The Morgan fingerprint density at radius 1 is 1.03 bits per heavy atom. The molecule has 9 heteroatoms. The average molecular weight is 464 g/mol. The van der Waals surface area contributed by atoms with Crippen LogP contribution in [0.2, 0.25) is 0 Å². The third kappa shape index (κ3) is 5.17. The number of benzene rings is 2. The van der Waals surface area contributed by atoms with Crippen LogP contribution in [-0.2, 0) is 4.79 Å². The van der Waals surface area contributed by atoms with E-state index in [0.717, 1.165) is 21.3 Å². The molecule has 4 rings (SSSR count). The van der Waals surface area contributed by atoms with Crippen LogP contribution in [0.5, 0.6) is 0 Å². The fourth-order valence-corrected chi connectivity index (χ4v) is 4.98. The van der Waals surface area contributed by atoms with Crippen molar-refractivity contribution < 1.29 is 4.79 Å². The number of thioether (sulfide) groups is 2. The monoisotopic (exact) mass is 463 g/mol. The molecular weight excluding hydrogens is 446 g/mol. The minimum absolute atomic E-state index is 0.143. The number of aromatic nitrogens is 3. The van der Waals surface area contributed by atoms with Gasteiger partial charge in [-0.3, -0.25) is 9.36 Å². The summed E-state index contributed by atoms with van der Waals surface area (Å²) in [5.74, 6) is 1.12. The molecule has 0 aliphatic rings. The molecule has 2 aromatic heterocycles. The Hall–Kier alpha value is -3.06. The second-order valence-electron chi connectivity index (χ2n) is 6.23. The lowest BCUT2D eigenvalue weighted by molar-refractivity contribution is -0.113. The van der Waals surface area contributed by atoms with Crippen molar-refractivity contribution in [3.05, 3.63) is 72.1 Å². The normalized spacial score (nSPS) is 10.5. The maximum absolute atomic E-state index is 12.6. The number of carbonyl (C=O) groups excluding carboxylic acids is 1. The van der Waals surface area contributed by atoms with Gasteiger partial charge >= 0.3 is 0 Å². The van der Waals surface area contributed by atoms with Crippen molar-refractivity contribution in [1.29, 1.82) is 5.26 Å². The van der Waals surface area contributed by atoms with Gasteiger partial charge in [-0.05, 0) is 35.7 Å². The minimum atomic E-state index is -0.143. The molecule has 0 unspecified atom stereocenters. The van der Waals surface area contributed by atoms with Crippen molar-refractivity contribution in [2.45, 2.75) is 10.1 Å². The van der Waals surface area contributed by atoms with Crippen molar-refractivity contribution in [1.82, 2.24) is 14.8 Å². The number of thiophene rings is 1. The third-order valence-corrected chi connectivity index (χ3v) is 6.91. The van der Waals surface area contributed by atoms with E-state index in [-0.39, 0.29) is 11.7 Å². The van der Waals surface area contributed by atoms with Gasteiger partial charge in [-0.2, -0.15) is 5.26 Å². The van der Waals surface area contributed by atoms with Gasteiger partial charge in [0.2, 0.25) is 5.91 Å². The minimum Gasteiger partial charge on any atom is -0.324 e. The standard InChI is InChI=1S/C22H17N5OS3/c23-12-14-30-18-10-5-4-9-17(18)24-20(28)15-31-22-26-25-21(19-11-6-13-29-19)27(22)16-7-2-1-3-8-16/h1-11,13H,14-15H2,(H,24,28). The molecule has 0 saturated heterocycles. The zero-order chi connectivity index (χ0) is 21.5. The number of nitriles is 1. The topological polar surface area (TPSA) is 83.6 Å². The molecule has 154 valence electrons. The molecule has 0 saturated carbocycles. The van der Waals surface area contributed by atoms with Gasteiger partial charge in [-0.1, -0.05) is 48.2 Å². The summed E-state index contributed by atoms with van der Waals surface area (Å²) in [5.41, 5.74) is 1.65. The van der Waals surface area contributed by atoms with E-state index in [9.17, 15) is 4.79 Å². The van der Waals surface area contributed by atoms with E-state index in [4.69, 9.17) is 5.26 Å². The highest BCUT2D eigenvalue weighted by Crippen LogP contribution is 2.31. The number of amides is 1. The highest BCUT2D eigenvalue weighted by molar-refractivity contribution is 8.00. The van der Waals surface area contributed by atoms with E-state index in [0.29, 0.717) is 16.6 Å². The summed E-state index contributed by atoms with van der Waals surface area (Å²) in [4.78, 5) is 14.5. The number of para-hydroxylation sites is 2. The summed E-state index contributed by atoms with van der Waals surface area (Å²) in [6.45, 7) is 0. The van der Waals surface area contributed by atoms with Crippen molar-refractivity contribution in [3.8, 4) is 22.5 Å². The van der Waals surface area contributed by atoms with Gasteiger partial charge in [0.1, 0.15) is 0 Å². The molecule has 0 radical (unpaired) electrons. The SMILES string of the molecule is N#CCSc1ccccc1NC(=O)CSc1nnc(-c2cccs2)n1-c1ccccc1. The number of rotatable bonds is 8. The first kappa shape index (κ1) is 21.2. The summed E-state index contributed by atoms with van der Waals surface area (Å²) in [5, 5.41) is 23.1. The zero-order valence-electron chi connectivity index (χ0n) is 16.3. The molecule has 1 N–H and O–H groups in total. The number of nitrogens with one attached hydrogen (secondary N) is 1. The molecule has 0 aliphatic carbocycles. The Bertz CT molecular complexity index is 1200. The van der Waals surface area contributed by atoms with Crippen molar-refractivity contribution in [3.63, 3.8) is 0 Å². The van der Waals surface area contributed by atoms with Crippen molar-refractivity contribution in [2.75, 3.05) is 16.8 Å². The largest absolute Gasteiger partial charge is 0.324 e. The first-order valence-corrected chi connectivity index (χ1v) is 12.2. The number of anilines is 1. The van der Waals surface area contributed by atoms with E-state index in [2.05, 4.69) is 21.6 Å². The molecule has 4 aromatic rings. The fraction of sp³-hybridized carbons (Fsp3) is 0.0909. The van der Waals surface area contributed by atoms with Crippen LogP contribution in [0.25, 0.3) is 16.4 Å². The Morgan fingerprint density at radius 3 is 2.61 bits per heavy atom. The predicted molar refractivity (Wildman–Crippen MR) is 127 cm³/mol. The maximum Gasteiger partial charge on any atom is 0.234 e. The van der Waals surface area contributed by atoms with Gasteiger partial charge in [0.15, 0.2) is 11.0 Å². The lowest BCUT2D eigenvalue weighted by atomic mass is 10.3. The van der Waals surface area contributed by atoms with Crippen LogP contribution >= 0.6 is 34.9 Å². The summed E-state index contributed by atoms with van der Waals surface area (Å²) < 4.78 is 1.97. The highest BCUT2D eigenvalue weighted by atomic mass is 32.2. The Balaban J connectivity index is 1.52. The average Bonchev–Trinajstić information content (AvgIpc) is 3.47. The molecule has 0 aliphatic heterocycles. The smallest absolute Gasteiger partial charge is 0.234 e. The van der Waals surface area contributed by atoms with Gasteiger partial charge in [0.05, 0.1) is 28.1 Å². The fourth-order valence-electron chi connectivity index (χ4n) is 2.86. The predicted octanol–water partition coefficient (Wildman–Crippen LogP) is 5.34. The molecule has 0 spiro atoms. The molecule has 2 heterocycles. The second-order valence-corrected chi connectivity index (χ2v) is 9.14. The first-order valence-electron chi connectivity index (χ1n) is 9.32. The first-order chi connectivity index (χ1) is 15.3. The van der Waals surface area contributed by atoms with Crippen LogP contribution in [0.1, 0.15) is 0 Å². The Kier molecular flexibility index (Phi) is 7.04. The second kappa shape index (κ2) is 10.3. The summed E-state index contributed by atoms with van der Waals surface area (Å²) in [6, 6.07) is 23.4. The summed E-state index contributed by atoms with van der Waals surface area (Å²) >= 11 is 4.33. The molecule has 2 aromatic carbocycles. The van der Waals surface area contributed by atoms with Crippen LogP contribution < -0.4 is 5.32 Å². The lowest BCUT2D eigenvalue weighted by Gasteiger charge is -2.11. The molecule has 1 amide bonds. The van der Waals surface area contributed by atoms with E-state index < -0.39 is 0 Å². The van der Waals surface area contributed by atoms with E-state index in [1.54, 1.807) is 11.3 Å². The highest BCUT2D eigenvalue weighted by Gasteiger charge is 2.18. The zero-order valence-corrected chi connectivity index (χ0v) is 18.7. The molecule has 0 bridgehead atoms. The van der Waals surface area contributed by atoms with Gasteiger partial charge in [-0.15, -0.1) is 33.3 Å². The number of hydrogen-bond donors (Lipinski definition) is 1. The molecule has 0 fully saturated rings. The van der Waals surface area contributed by atoms with Crippen LogP contribution in [0.3, 0.4) is 0 Å². The van der Waals surface area contributed by atoms with E-state index >= 15 is 0 Å². The lowest BCUT2D eigenvalue weighted by Crippen LogP contribution is -2.15. The maximum atomic E-state index is 12.6. The van der Waals surface area contributed by atoms with Crippen LogP contribution in [0, 0.1) is 11.3 Å². The van der Waals surface area contributed by atoms with Gasteiger partial charge in [-0.25, -0.2) is 0 Å². The van der Waals surface area contributed by atoms with Crippen LogP contribution in [-0.4, -0.2) is 32.2 Å². The van der Waals surface area contributed by atoms with Gasteiger partial charge in [0.25, 0.3) is 0 Å². The molecule has 6 nitrogen and oxygen atoms in total. The molecule has 31 heavy (non-hydrogen) atoms. The number of hydrogen-bond acceptors (Lipinski definition) is 7. The van der Waals surface area contributed by atoms with E-state index in [1.165, 1.54) is 23.5 Å². The quantitative estimate of drug-likeness (QED) is 0.355. The Morgan fingerprint density at radius 2 is 1.84 bits per heavy atom. The van der Waals surface area contributed by atoms with Gasteiger partial charge < -0.3 is 5.32 Å². The third-order valence-electron chi connectivity index (χ3n) is 4.18. The summed E-state index contributed by atoms with van der Waals surface area (Å²) in [6.07, 6.45) is 0. The van der Waals surface area contributed by atoms with Crippen molar-refractivity contribution >= 4 is 46.5 Å². The molecular formula is C22H17N5OS3. The van der Waals surface area contributed by atoms with E-state index in [1.807, 2.05) is 76.7 Å².